The molecule has 0 radical (unpaired) electrons. The van der Waals surface area contributed by atoms with E-state index in [1.54, 1.807) is 0 Å². The number of hydrogen-bond acceptors (Lipinski definition) is 5. The molecule has 70 heavy (non-hydrogen) atoms. The maximum Gasteiger partial charge on any atom is 0.305 e. The number of aliphatic hydroxyl groups excluding tert-OH is 2. The number of aliphatic hydroxyl groups is 2. The molecule has 0 saturated heterocycles. The Kier molecular flexibility index (Phi) is 58.5. The highest BCUT2D eigenvalue weighted by Crippen LogP contribution is 2.18. The molecule has 6 nitrogen and oxygen atoms in total. The lowest BCUT2D eigenvalue weighted by atomic mass is 10.0. The molecule has 0 fully saturated rings. The molecule has 0 bridgehead atoms. The average Bonchev–Trinajstić information content (AvgIpc) is 3.36. The molecule has 0 heterocycles. The topological polar surface area (TPSA) is 95.9 Å². The molecule has 0 spiro atoms. The summed E-state index contributed by atoms with van der Waals surface area (Å²) in [5.41, 5.74) is 0. The number of rotatable bonds is 59. The molecular formula is C64H123NO5. The summed E-state index contributed by atoms with van der Waals surface area (Å²) in [7, 11) is 0. The minimum atomic E-state index is -0.681. The number of ether oxygens (including phenoxy) is 1. The van der Waals surface area contributed by atoms with Gasteiger partial charge in [0.05, 0.1) is 25.4 Å². The summed E-state index contributed by atoms with van der Waals surface area (Å²) in [6, 6.07) is -0.560. The molecule has 2 unspecified atom stereocenters. The van der Waals surface area contributed by atoms with Gasteiger partial charge in [0, 0.05) is 12.8 Å². The van der Waals surface area contributed by atoms with Crippen molar-refractivity contribution in [2.45, 2.75) is 360 Å². The highest BCUT2D eigenvalue weighted by atomic mass is 16.5. The normalized spacial score (nSPS) is 12.7. The molecule has 414 valence electrons. The molecule has 0 saturated carbocycles. The van der Waals surface area contributed by atoms with E-state index in [1.165, 1.54) is 250 Å². The first-order valence-corrected chi connectivity index (χ1v) is 31.6. The van der Waals surface area contributed by atoms with Crippen LogP contribution in [0.15, 0.2) is 24.3 Å². The fourth-order valence-electron chi connectivity index (χ4n) is 9.91. The van der Waals surface area contributed by atoms with E-state index < -0.39 is 12.1 Å². The maximum absolute atomic E-state index is 12.5. The fraction of sp³-hybridized carbons (Fsp3) is 0.906. The first kappa shape index (κ1) is 68.3. The second-order valence-electron chi connectivity index (χ2n) is 21.7. The summed E-state index contributed by atoms with van der Waals surface area (Å²) in [5, 5.41) is 23.4. The number of carbonyl (C=O) groups excluding carboxylic acids is 2. The van der Waals surface area contributed by atoms with E-state index in [4.69, 9.17) is 4.74 Å². The Morgan fingerprint density at radius 3 is 1.11 bits per heavy atom. The van der Waals surface area contributed by atoms with Gasteiger partial charge in [0.15, 0.2) is 0 Å². The SMILES string of the molecule is CCCCC/C=C\C/C=C\CCCCCCCCCCCC(=O)OCCCCCCCCCCCCC(=O)NC(CO)C(O)CCCCCCCCCCCCCCCCCCCCCCCCCC. The molecule has 1 amide bonds. The van der Waals surface area contributed by atoms with Crippen LogP contribution in [0.4, 0.5) is 0 Å². The monoisotopic (exact) mass is 986 g/mol. The zero-order valence-corrected chi connectivity index (χ0v) is 47.3. The third-order valence-corrected chi connectivity index (χ3v) is 14.8. The number of allylic oxidation sites excluding steroid dienone is 4. The molecule has 0 rings (SSSR count). The first-order valence-electron chi connectivity index (χ1n) is 31.6. The van der Waals surface area contributed by atoms with E-state index in [0.717, 1.165) is 64.2 Å². The van der Waals surface area contributed by atoms with E-state index in [0.29, 0.717) is 25.9 Å². The Morgan fingerprint density at radius 1 is 0.400 bits per heavy atom. The van der Waals surface area contributed by atoms with E-state index >= 15 is 0 Å². The number of carbonyl (C=O) groups is 2. The molecule has 0 aliphatic carbocycles. The van der Waals surface area contributed by atoms with Crippen LogP contribution < -0.4 is 5.32 Å². The summed E-state index contributed by atoms with van der Waals surface area (Å²) < 4.78 is 5.48. The molecule has 6 heteroatoms. The Bertz CT molecular complexity index is 1090. The summed E-state index contributed by atoms with van der Waals surface area (Å²) >= 11 is 0. The third-order valence-electron chi connectivity index (χ3n) is 14.8. The van der Waals surface area contributed by atoms with E-state index in [1.807, 2.05) is 0 Å². The van der Waals surface area contributed by atoms with Crippen LogP contribution >= 0.6 is 0 Å². The highest BCUT2D eigenvalue weighted by molar-refractivity contribution is 5.76. The molecule has 2 atom stereocenters. The van der Waals surface area contributed by atoms with Crippen LogP contribution in [0.3, 0.4) is 0 Å². The van der Waals surface area contributed by atoms with Crippen molar-refractivity contribution in [1.82, 2.24) is 5.32 Å². The van der Waals surface area contributed by atoms with Crippen LogP contribution in [0, 0.1) is 0 Å². The minimum Gasteiger partial charge on any atom is -0.466 e. The highest BCUT2D eigenvalue weighted by Gasteiger charge is 2.20. The van der Waals surface area contributed by atoms with Crippen LogP contribution in [-0.4, -0.2) is 47.4 Å². The Hall–Kier alpha value is -1.66. The van der Waals surface area contributed by atoms with Crippen molar-refractivity contribution >= 4 is 11.9 Å². The van der Waals surface area contributed by atoms with Gasteiger partial charge < -0.3 is 20.3 Å². The first-order chi connectivity index (χ1) is 34.5. The Balaban J connectivity index is 3.45. The zero-order chi connectivity index (χ0) is 50.7. The van der Waals surface area contributed by atoms with Crippen LogP contribution in [-0.2, 0) is 14.3 Å². The second-order valence-corrected chi connectivity index (χ2v) is 21.7. The average molecular weight is 987 g/mol. The van der Waals surface area contributed by atoms with Crippen LogP contribution in [0.1, 0.15) is 348 Å². The van der Waals surface area contributed by atoms with E-state index in [-0.39, 0.29) is 18.5 Å². The molecule has 0 aliphatic heterocycles. The van der Waals surface area contributed by atoms with Crippen LogP contribution in [0.2, 0.25) is 0 Å². The lowest BCUT2D eigenvalue weighted by molar-refractivity contribution is -0.143. The quantitative estimate of drug-likeness (QED) is 0.0321. The molecule has 0 aliphatic rings. The van der Waals surface area contributed by atoms with Crippen molar-refractivity contribution in [3.8, 4) is 0 Å². The lowest BCUT2D eigenvalue weighted by Crippen LogP contribution is -2.45. The number of amides is 1. The van der Waals surface area contributed by atoms with Crippen molar-refractivity contribution in [2.24, 2.45) is 0 Å². The van der Waals surface area contributed by atoms with Gasteiger partial charge in [-0.15, -0.1) is 0 Å². The predicted molar refractivity (Wildman–Crippen MR) is 306 cm³/mol. The van der Waals surface area contributed by atoms with E-state index in [9.17, 15) is 19.8 Å². The molecule has 0 aromatic rings. The number of nitrogens with one attached hydrogen (secondary N) is 1. The summed E-state index contributed by atoms with van der Waals surface area (Å²) in [6.07, 6.45) is 73.2. The maximum atomic E-state index is 12.5. The van der Waals surface area contributed by atoms with E-state index in [2.05, 4.69) is 43.5 Å². The Morgan fingerprint density at radius 2 is 0.714 bits per heavy atom. The van der Waals surface area contributed by atoms with Gasteiger partial charge >= 0.3 is 5.97 Å². The molecule has 0 aromatic carbocycles. The summed E-state index contributed by atoms with van der Waals surface area (Å²) in [6.45, 7) is 4.90. The van der Waals surface area contributed by atoms with Gasteiger partial charge in [0.2, 0.25) is 5.91 Å². The van der Waals surface area contributed by atoms with Gasteiger partial charge in [-0.1, -0.05) is 301 Å². The minimum absolute atomic E-state index is 0.0212. The standard InChI is InChI=1S/C64H123NO5/c1-3-5-7-9-11-13-15-17-19-21-23-24-25-26-27-29-30-32-34-36-40-44-48-52-56-62(67)61(60-66)65-63(68)57-53-49-45-41-38-39-43-47-51-55-59-70-64(69)58-54-50-46-42-37-35-33-31-28-22-20-18-16-14-12-10-8-6-4-2/h12,14,18,20,61-62,66-67H,3-11,13,15-17,19,21-60H2,1-2H3,(H,65,68)/b14-12-,20-18-. The Labute approximate surface area is 437 Å². The van der Waals surface area contributed by atoms with Crippen molar-refractivity contribution < 1.29 is 24.5 Å². The second kappa shape index (κ2) is 59.9. The van der Waals surface area contributed by atoms with Crippen molar-refractivity contribution in [1.29, 1.82) is 0 Å². The molecule has 3 N–H and O–H groups in total. The van der Waals surface area contributed by atoms with Gasteiger partial charge in [-0.25, -0.2) is 0 Å². The van der Waals surface area contributed by atoms with Crippen molar-refractivity contribution in [2.75, 3.05) is 13.2 Å². The number of hydrogen-bond donors (Lipinski definition) is 3. The van der Waals surface area contributed by atoms with Gasteiger partial charge in [-0.2, -0.15) is 0 Å². The number of esters is 1. The lowest BCUT2D eigenvalue weighted by Gasteiger charge is -2.22. The van der Waals surface area contributed by atoms with Gasteiger partial charge in [0.1, 0.15) is 0 Å². The summed E-state index contributed by atoms with van der Waals surface area (Å²) in [4.78, 5) is 24.6. The van der Waals surface area contributed by atoms with Crippen molar-refractivity contribution in [3.05, 3.63) is 24.3 Å². The van der Waals surface area contributed by atoms with Crippen molar-refractivity contribution in [3.63, 3.8) is 0 Å². The van der Waals surface area contributed by atoms with Gasteiger partial charge in [-0.05, 0) is 57.8 Å². The molecular weight excluding hydrogens is 863 g/mol. The fourth-order valence-corrected chi connectivity index (χ4v) is 9.91. The third kappa shape index (κ3) is 55.7. The molecule has 0 aromatic heterocycles. The number of unbranched alkanes of at least 4 members (excludes halogenated alkanes) is 44. The van der Waals surface area contributed by atoms with Crippen LogP contribution in [0.5, 0.6) is 0 Å². The largest absolute Gasteiger partial charge is 0.466 e. The zero-order valence-electron chi connectivity index (χ0n) is 47.3. The summed E-state index contributed by atoms with van der Waals surface area (Å²) in [5.74, 6) is -0.0754. The van der Waals surface area contributed by atoms with Gasteiger partial charge in [-0.3, -0.25) is 9.59 Å². The predicted octanol–water partition coefficient (Wildman–Crippen LogP) is 19.8. The van der Waals surface area contributed by atoms with Crippen LogP contribution in [0.25, 0.3) is 0 Å². The van der Waals surface area contributed by atoms with Gasteiger partial charge in [0.25, 0.3) is 0 Å². The smallest absolute Gasteiger partial charge is 0.305 e.